The van der Waals surface area contributed by atoms with Crippen LogP contribution in [0.5, 0.6) is 0 Å². The lowest BCUT2D eigenvalue weighted by atomic mass is 10.1. The molecule has 2 rings (SSSR count). The maximum Gasteiger partial charge on any atom is 0.337 e. The summed E-state index contributed by atoms with van der Waals surface area (Å²) in [6, 6.07) is 6.59. The molecule has 0 bridgehead atoms. The molecular formula is C14H8BrF2NO3. The molecular weight excluding hydrogens is 348 g/mol. The molecule has 0 aliphatic heterocycles. The van der Waals surface area contributed by atoms with Crippen LogP contribution in [0.15, 0.2) is 40.9 Å². The van der Waals surface area contributed by atoms with E-state index in [1.54, 1.807) is 0 Å². The Hall–Kier alpha value is -2.28. The van der Waals surface area contributed by atoms with Crippen LogP contribution in [0.2, 0.25) is 0 Å². The van der Waals surface area contributed by atoms with Gasteiger partial charge in [0.05, 0.1) is 15.7 Å². The average Bonchev–Trinajstić information content (AvgIpc) is 2.43. The highest BCUT2D eigenvalue weighted by atomic mass is 79.9. The van der Waals surface area contributed by atoms with E-state index < -0.39 is 23.5 Å². The van der Waals surface area contributed by atoms with Gasteiger partial charge in [0.25, 0.3) is 5.91 Å². The maximum absolute atomic E-state index is 13.1. The molecule has 0 aliphatic rings. The summed E-state index contributed by atoms with van der Waals surface area (Å²) in [5.74, 6) is -3.26. The van der Waals surface area contributed by atoms with E-state index in [0.717, 1.165) is 24.3 Å². The Morgan fingerprint density at radius 1 is 1.10 bits per heavy atom. The number of carbonyl (C=O) groups is 2. The van der Waals surface area contributed by atoms with Gasteiger partial charge in [0.1, 0.15) is 11.6 Å². The van der Waals surface area contributed by atoms with Crippen LogP contribution in [0, 0.1) is 11.6 Å². The molecule has 108 valence electrons. The van der Waals surface area contributed by atoms with E-state index in [2.05, 4.69) is 21.2 Å². The van der Waals surface area contributed by atoms with Crippen LogP contribution in [-0.4, -0.2) is 17.0 Å². The lowest BCUT2D eigenvalue weighted by Gasteiger charge is -2.09. The first-order valence-corrected chi connectivity index (χ1v) is 6.47. The highest BCUT2D eigenvalue weighted by Gasteiger charge is 2.15. The van der Waals surface area contributed by atoms with Gasteiger partial charge in [-0.15, -0.1) is 0 Å². The van der Waals surface area contributed by atoms with E-state index in [4.69, 9.17) is 5.11 Å². The van der Waals surface area contributed by atoms with Crippen molar-refractivity contribution in [3.63, 3.8) is 0 Å². The van der Waals surface area contributed by atoms with Crippen LogP contribution in [0.25, 0.3) is 0 Å². The number of halogens is 3. The Balaban J connectivity index is 2.31. The third kappa shape index (κ3) is 3.43. The van der Waals surface area contributed by atoms with Crippen LogP contribution in [0.4, 0.5) is 14.5 Å². The van der Waals surface area contributed by atoms with E-state index >= 15 is 0 Å². The van der Waals surface area contributed by atoms with Gasteiger partial charge >= 0.3 is 5.97 Å². The minimum atomic E-state index is -1.37. The predicted octanol–water partition coefficient (Wildman–Crippen LogP) is 3.68. The fourth-order valence-electron chi connectivity index (χ4n) is 1.63. The van der Waals surface area contributed by atoms with Crippen molar-refractivity contribution in [3.05, 3.63) is 63.6 Å². The van der Waals surface area contributed by atoms with Gasteiger partial charge in [-0.1, -0.05) is 0 Å². The Kier molecular flexibility index (Phi) is 4.32. The smallest absolute Gasteiger partial charge is 0.337 e. The van der Waals surface area contributed by atoms with Gasteiger partial charge in [0, 0.05) is 5.56 Å². The van der Waals surface area contributed by atoms with Crippen LogP contribution < -0.4 is 5.32 Å². The van der Waals surface area contributed by atoms with Crippen LogP contribution in [0.3, 0.4) is 0 Å². The minimum Gasteiger partial charge on any atom is -0.478 e. The van der Waals surface area contributed by atoms with E-state index in [1.807, 2.05) is 0 Å². The first kappa shape index (κ1) is 15.1. The normalized spacial score (nSPS) is 10.2. The SMILES string of the molecule is O=C(Nc1ccc(F)cc1C(=O)O)c1ccc(F)c(Br)c1. The van der Waals surface area contributed by atoms with Gasteiger partial charge in [-0.3, -0.25) is 4.79 Å². The number of amides is 1. The summed E-state index contributed by atoms with van der Waals surface area (Å²) >= 11 is 2.95. The lowest BCUT2D eigenvalue weighted by molar-refractivity contribution is 0.0697. The molecule has 0 saturated heterocycles. The molecule has 7 heteroatoms. The predicted molar refractivity (Wildman–Crippen MR) is 75.4 cm³/mol. The summed E-state index contributed by atoms with van der Waals surface area (Å²) in [6.07, 6.45) is 0. The van der Waals surface area contributed by atoms with E-state index in [1.165, 1.54) is 12.1 Å². The van der Waals surface area contributed by atoms with Crippen LogP contribution >= 0.6 is 15.9 Å². The summed E-state index contributed by atoms with van der Waals surface area (Å²) in [7, 11) is 0. The largest absolute Gasteiger partial charge is 0.478 e. The average molecular weight is 356 g/mol. The molecule has 0 heterocycles. The number of hydrogen-bond acceptors (Lipinski definition) is 2. The summed E-state index contributed by atoms with van der Waals surface area (Å²) in [4.78, 5) is 23.0. The van der Waals surface area contributed by atoms with Gasteiger partial charge in [0.15, 0.2) is 0 Å². The fraction of sp³-hybridized carbons (Fsp3) is 0. The zero-order chi connectivity index (χ0) is 15.6. The zero-order valence-electron chi connectivity index (χ0n) is 10.4. The maximum atomic E-state index is 13.1. The van der Waals surface area contributed by atoms with Crippen molar-refractivity contribution in [1.29, 1.82) is 0 Å². The number of benzene rings is 2. The number of carboxylic acid groups (broad SMARTS) is 1. The summed E-state index contributed by atoms with van der Waals surface area (Å²) in [5, 5.41) is 11.3. The number of nitrogens with one attached hydrogen (secondary N) is 1. The molecule has 0 spiro atoms. The standard InChI is InChI=1S/C14H8BrF2NO3/c15-10-5-7(1-3-11(10)17)13(19)18-12-4-2-8(16)6-9(12)14(20)21/h1-6H,(H,18,19)(H,20,21). The molecule has 0 saturated carbocycles. The van der Waals surface area contributed by atoms with Crippen molar-refractivity contribution in [1.82, 2.24) is 0 Å². The number of rotatable bonds is 3. The number of carboxylic acids is 1. The molecule has 2 aromatic carbocycles. The molecule has 4 nitrogen and oxygen atoms in total. The zero-order valence-corrected chi connectivity index (χ0v) is 11.9. The number of aromatic carboxylic acids is 1. The Morgan fingerprint density at radius 2 is 1.81 bits per heavy atom. The van der Waals surface area contributed by atoms with E-state index in [0.29, 0.717) is 0 Å². The molecule has 1 amide bonds. The van der Waals surface area contributed by atoms with Crippen molar-refractivity contribution < 1.29 is 23.5 Å². The third-order valence-electron chi connectivity index (χ3n) is 2.64. The summed E-state index contributed by atoms with van der Waals surface area (Å²) in [5.41, 5.74) is -0.289. The van der Waals surface area contributed by atoms with Crippen LogP contribution in [0.1, 0.15) is 20.7 Å². The fourth-order valence-corrected chi connectivity index (χ4v) is 2.01. The first-order chi connectivity index (χ1) is 9.88. The second kappa shape index (κ2) is 6.01. The molecule has 0 unspecified atom stereocenters. The van der Waals surface area contributed by atoms with Gasteiger partial charge < -0.3 is 10.4 Å². The molecule has 2 N–H and O–H groups in total. The molecule has 0 aromatic heterocycles. The summed E-state index contributed by atoms with van der Waals surface area (Å²) < 4.78 is 26.3. The molecule has 0 fully saturated rings. The van der Waals surface area contributed by atoms with Gasteiger partial charge in [-0.2, -0.15) is 0 Å². The topological polar surface area (TPSA) is 66.4 Å². The van der Waals surface area contributed by atoms with Crippen molar-refractivity contribution in [2.75, 3.05) is 5.32 Å². The Labute approximate surface area is 126 Å². The van der Waals surface area contributed by atoms with E-state index in [-0.39, 0.29) is 21.3 Å². The number of hydrogen-bond donors (Lipinski definition) is 2. The highest BCUT2D eigenvalue weighted by molar-refractivity contribution is 9.10. The van der Waals surface area contributed by atoms with Gasteiger partial charge in [0.2, 0.25) is 0 Å². The molecule has 21 heavy (non-hydrogen) atoms. The van der Waals surface area contributed by atoms with Crippen LogP contribution in [-0.2, 0) is 0 Å². The third-order valence-corrected chi connectivity index (χ3v) is 3.25. The van der Waals surface area contributed by atoms with Crippen molar-refractivity contribution >= 4 is 33.5 Å². The van der Waals surface area contributed by atoms with Crippen molar-refractivity contribution in [2.45, 2.75) is 0 Å². The first-order valence-electron chi connectivity index (χ1n) is 5.67. The Morgan fingerprint density at radius 3 is 2.43 bits per heavy atom. The minimum absolute atomic E-state index is 0.0469. The highest BCUT2D eigenvalue weighted by Crippen LogP contribution is 2.20. The van der Waals surface area contributed by atoms with Gasteiger partial charge in [-0.25, -0.2) is 13.6 Å². The van der Waals surface area contributed by atoms with Crippen molar-refractivity contribution in [3.8, 4) is 0 Å². The number of carbonyl (C=O) groups excluding carboxylic acids is 1. The second-order valence-electron chi connectivity index (χ2n) is 4.08. The molecule has 0 aliphatic carbocycles. The van der Waals surface area contributed by atoms with Crippen molar-refractivity contribution in [2.24, 2.45) is 0 Å². The molecule has 2 aromatic rings. The lowest BCUT2D eigenvalue weighted by Crippen LogP contribution is -2.15. The Bertz CT molecular complexity index is 734. The van der Waals surface area contributed by atoms with E-state index in [9.17, 15) is 18.4 Å². The quantitative estimate of drug-likeness (QED) is 0.882. The monoisotopic (exact) mass is 355 g/mol. The second-order valence-corrected chi connectivity index (χ2v) is 4.93. The number of anilines is 1. The molecule has 0 radical (unpaired) electrons. The summed E-state index contributed by atoms with van der Waals surface area (Å²) in [6.45, 7) is 0. The van der Waals surface area contributed by atoms with Gasteiger partial charge in [-0.05, 0) is 52.3 Å². The molecule has 0 atom stereocenters.